The van der Waals surface area contributed by atoms with Crippen LogP contribution in [0.1, 0.15) is 37.5 Å². The summed E-state index contributed by atoms with van der Waals surface area (Å²) in [7, 11) is 0. The zero-order valence-corrected chi connectivity index (χ0v) is 15.4. The summed E-state index contributed by atoms with van der Waals surface area (Å²) in [5, 5.41) is 0. The van der Waals surface area contributed by atoms with Crippen molar-refractivity contribution in [3.63, 3.8) is 0 Å². The standard InChI is InChI=1S/C20H21BrO2/c1-19(2)11-22-20(3,23-12-19)15-4-6-17-13(9-15)8-14-10-16(21)5-7-18(14)17/h4-7,9-10H,8,11-12H2,1-3H3. The summed E-state index contributed by atoms with van der Waals surface area (Å²) in [5.41, 5.74) is 6.59. The molecule has 0 radical (unpaired) electrons. The van der Waals surface area contributed by atoms with Gasteiger partial charge < -0.3 is 9.47 Å². The van der Waals surface area contributed by atoms with Crippen LogP contribution in [0.5, 0.6) is 0 Å². The van der Waals surface area contributed by atoms with Crippen molar-refractivity contribution in [2.45, 2.75) is 33.0 Å². The molecule has 1 aliphatic carbocycles. The van der Waals surface area contributed by atoms with Gasteiger partial charge in [-0.3, -0.25) is 0 Å². The highest BCUT2D eigenvalue weighted by Gasteiger charge is 2.38. The van der Waals surface area contributed by atoms with Crippen LogP contribution >= 0.6 is 15.9 Å². The molecule has 0 unspecified atom stereocenters. The number of halogens is 1. The lowest BCUT2D eigenvalue weighted by molar-refractivity contribution is -0.298. The number of rotatable bonds is 1. The van der Waals surface area contributed by atoms with Gasteiger partial charge in [0.05, 0.1) is 13.2 Å². The maximum Gasteiger partial charge on any atom is 0.191 e. The fourth-order valence-electron chi connectivity index (χ4n) is 3.38. The number of fused-ring (bicyclic) bond motifs is 3. The minimum Gasteiger partial charge on any atom is -0.345 e. The van der Waals surface area contributed by atoms with Crippen molar-refractivity contribution >= 4 is 15.9 Å². The normalized spacial score (nSPS) is 20.9. The molecule has 1 fully saturated rings. The average molecular weight is 373 g/mol. The summed E-state index contributed by atoms with van der Waals surface area (Å²) >= 11 is 3.57. The molecule has 0 atom stereocenters. The van der Waals surface area contributed by atoms with Gasteiger partial charge in [0.15, 0.2) is 5.79 Å². The van der Waals surface area contributed by atoms with E-state index in [2.05, 4.69) is 66.2 Å². The minimum absolute atomic E-state index is 0.0821. The van der Waals surface area contributed by atoms with Crippen LogP contribution < -0.4 is 0 Å². The average Bonchev–Trinajstić information content (AvgIpc) is 2.87. The molecule has 0 amide bonds. The molecule has 2 aromatic carbocycles. The van der Waals surface area contributed by atoms with E-state index >= 15 is 0 Å². The van der Waals surface area contributed by atoms with Crippen LogP contribution in [0, 0.1) is 5.41 Å². The molecule has 2 aromatic rings. The summed E-state index contributed by atoms with van der Waals surface area (Å²) in [5.74, 6) is -0.639. The van der Waals surface area contributed by atoms with Crippen LogP contribution in [-0.4, -0.2) is 13.2 Å². The predicted molar refractivity (Wildman–Crippen MR) is 95.4 cm³/mol. The molecule has 1 aliphatic heterocycles. The first-order chi connectivity index (χ1) is 10.9. The zero-order valence-electron chi connectivity index (χ0n) is 13.8. The van der Waals surface area contributed by atoms with E-state index in [1.54, 1.807) is 0 Å². The molecule has 0 saturated carbocycles. The highest BCUT2D eigenvalue weighted by Crippen LogP contribution is 2.42. The summed E-state index contributed by atoms with van der Waals surface area (Å²) in [6.45, 7) is 7.80. The second kappa shape index (κ2) is 5.17. The molecule has 120 valence electrons. The molecule has 0 spiro atoms. The van der Waals surface area contributed by atoms with Gasteiger partial charge in [0.2, 0.25) is 0 Å². The van der Waals surface area contributed by atoms with Crippen molar-refractivity contribution in [3.05, 3.63) is 57.6 Å². The minimum atomic E-state index is -0.639. The lowest BCUT2D eigenvalue weighted by Crippen LogP contribution is -2.43. The van der Waals surface area contributed by atoms with Gasteiger partial charge in [-0.05, 0) is 53.8 Å². The predicted octanol–water partition coefficient (Wildman–Crippen LogP) is 5.27. The molecule has 0 aromatic heterocycles. The summed E-state index contributed by atoms with van der Waals surface area (Å²) in [6, 6.07) is 13.1. The Morgan fingerprint density at radius 3 is 2.17 bits per heavy atom. The smallest absolute Gasteiger partial charge is 0.191 e. The summed E-state index contributed by atoms with van der Waals surface area (Å²) in [4.78, 5) is 0. The maximum atomic E-state index is 6.09. The van der Waals surface area contributed by atoms with Gasteiger partial charge in [-0.25, -0.2) is 0 Å². The topological polar surface area (TPSA) is 18.5 Å². The molecule has 0 N–H and O–H groups in total. The zero-order chi connectivity index (χ0) is 16.2. The van der Waals surface area contributed by atoms with Crippen molar-refractivity contribution < 1.29 is 9.47 Å². The van der Waals surface area contributed by atoms with Gasteiger partial charge in [0.1, 0.15) is 0 Å². The molecule has 23 heavy (non-hydrogen) atoms. The van der Waals surface area contributed by atoms with Gasteiger partial charge in [-0.2, -0.15) is 0 Å². The van der Waals surface area contributed by atoms with Crippen molar-refractivity contribution in [3.8, 4) is 11.1 Å². The number of hydrogen-bond acceptors (Lipinski definition) is 2. The maximum absolute atomic E-state index is 6.09. The van der Waals surface area contributed by atoms with Crippen LogP contribution in [0.4, 0.5) is 0 Å². The third-order valence-corrected chi connectivity index (χ3v) is 5.34. The fourth-order valence-corrected chi connectivity index (χ4v) is 3.79. The Bertz CT molecular complexity index is 769. The van der Waals surface area contributed by atoms with Crippen LogP contribution in [-0.2, 0) is 21.7 Å². The Morgan fingerprint density at radius 1 is 0.870 bits per heavy atom. The Morgan fingerprint density at radius 2 is 1.48 bits per heavy atom. The highest BCUT2D eigenvalue weighted by molar-refractivity contribution is 9.10. The van der Waals surface area contributed by atoms with E-state index in [0.717, 1.165) is 16.5 Å². The van der Waals surface area contributed by atoms with Gasteiger partial charge in [-0.15, -0.1) is 0 Å². The first-order valence-electron chi connectivity index (χ1n) is 8.06. The van der Waals surface area contributed by atoms with Crippen LogP contribution in [0.25, 0.3) is 11.1 Å². The van der Waals surface area contributed by atoms with Crippen molar-refractivity contribution in [2.24, 2.45) is 5.41 Å². The summed E-state index contributed by atoms with van der Waals surface area (Å²) < 4.78 is 13.3. The quantitative estimate of drug-likeness (QED) is 0.579. The summed E-state index contributed by atoms with van der Waals surface area (Å²) in [6.07, 6.45) is 0.972. The highest BCUT2D eigenvalue weighted by atomic mass is 79.9. The Balaban J connectivity index is 1.67. The van der Waals surface area contributed by atoms with Crippen LogP contribution in [0.15, 0.2) is 40.9 Å². The second-order valence-electron chi connectivity index (χ2n) is 7.54. The molecular formula is C20H21BrO2. The monoisotopic (exact) mass is 372 g/mol. The Kier molecular flexibility index (Phi) is 3.45. The first kappa shape index (κ1) is 15.4. The van der Waals surface area contributed by atoms with E-state index in [9.17, 15) is 0 Å². The molecule has 4 rings (SSSR count). The number of hydrogen-bond donors (Lipinski definition) is 0. The van der Waals surface area contributed by atoms with E-state index in [1.807, 2.05) is 6.92 Å². The number of ether oxygens (including phenoxy) is 2. The molecule has 3 heteroatoms. The SMILES string of the molecule is CC1(C)COC(C)(c2ccc3c(c2)Cc2cc(Br)ccc2-3)OC1. The molecule has 2 aliphatic rings. The van der Waals surface area contributed by atoms with Crippen molar-refractivity contribution in [1.82, 2.24) is 0 Å². The lowest BCUT2D eigenvalue weighted by atomic mass is 9.93. The van der Waals surface area contributed by atoms with Crippen molar-refractivity contribution in [2.75, 3.05) is 13.2 Å². The van der Waals surface area contributed by atoms with Gasteiger partial charge >= 0.3 is 0 Å². The van der Waals surface area contributed by atoms with Crippen LogP contribution in [0.3, 0.4) is 0 Å². The van der Waals surface area contributed by atoms with E-state index in [1.165, 1.54) is 22.3 Å². The van der Waals surface area contributed by atoms with E-state index in [0.29, 0.717) is 13.2 Å². The number of benzene rings is 2. The van der Waals surface area contributed by atoms with E-state index in [4.69, 9.17) is 9.47 Å². The molecule has 0 bridgehead atoms. The Hall–Kier alpha value is -1.16. The Labute approximate surface area is 145 Å². The third kappa shape index (κ3) is 2.65. The van der Waals surface area contributed by atoms with E-state index < -0.39 is 5.79 Å². The molecule has 1 heterocycles. The first-order valence-corrected chi connectivity index (χ1v) is 8.86. The van der Waals surface area contributed by atoms with Gasteiger partial charge in [-0.1, -0.05) is 48.0 Å². The lowest BCUT2D eigenvalue weighted by Gasteiger charge is -2.41. The molecule has 2 nitrogen and oxygen atoms in total. The van der Waals surface area contributed by atoms with Crippen LogP contribution in [0.2, 0.25) is 0 Å². The van der Waals surface area contributed by atoms with E-state index in [-0.39, 0.29) is 5.41 Å². The molecule has 1 saturated heterocycles. The second-order valence-corrected chi connectivity index (χ2v) is 8.45. The fraction of sp³-hybridized carbons (Fsp3) is 0.400. The molecular weight excluding hydrogens is 352 g/mol. The third-order valence-electron chi connectivity index (χ3n) is 4.84. The van der Waals surface area contributed by atoms with Gasteiger partial charge in [0, 0.05) is 15.5 Å². The van der Waals surface area contributed by atoms with Gasteiger partial charge in [0.25, 0.3) is 0 Å². The van der Waals surface area contributed by atoms with Crippen molar-refractivity contribution in [1.29, 1.82) is 0 Å². The largest absolute Gasteiger partial charge is 0.345 e.